The van der Waals surface area contributed by atoms with Crippen molar-refractivity contribution in [2.45, 2.75) is 32.0 Å². The highest BCUT2D eigenvalue weighted by molar-refractivity contribution is 5.95. The van der Waals surface area contributed by atoms with Gasteiger partial charge in [0.25, 0.3) is 0 Å². The summed E-state index contributed by atoms with van der Waals surface area (Å²) in [6.45, 7) is 0.523. The van der Waals surface area contributed by atoms with Gasteiger partial charge in [0.05, 0.1) is 19.8 Å². The molecule has 0 bridgehead atoms. The molecule has 17 heavy (non-hydrogen) atoms. The highest BCUT2D eigenvalue weighted by Crippen LogP contribution is 2.26. The first-order chi connectivity index (χ1) is 8.20. The van der Waals surface area contributed by atoms with Gasteiger partial charge in [0.1, 0.15) is 11.6 Å². The first-order valence-corrected chi connectivity index (χ1v) is 5.83. The maximum absolute atomic E-state index is 7.42. The second-order valence-corrected chi connectivity index (χ2v) is 4.30. The Hall–Kier alpha value is -1.55. The van der Waals surface area contributed by atoms with E-state index in [0.717, 1.165) is 24.2 Å². The number of nitrogen functional groups attached to an aromatic ring is 1. The fourth-order valence-corrected chi connectivity index (χ4v) is 1.80. The lowest BCUT2D eigenvalue weighted by atomic mass is 9.96. The van der Waals surface area contributed by atoms with E-state index in [4.69, 9.17) is 20.6 Å². The summed E-state index contributed by atoms with van der Waals surface area (Å²) in [7, 11) is 1.63. The SMILES string of the molecule is COc1ccc(C(=N)N)cc1COC1CCC1. The van der Waals surface area contributed by atoms with Crippen LogP contribution in [0.3, 0.4) is 0 Å². The molecule has 4 nitrogen and oxygen atoms in total. The minimum absolute atomic E-state index is 0.0672. The number of ether oxygens (including phenoxy) is 2. The van der Waals surface area contributed by atoms with Gasteiger partial charge in [-0.2, -0.15) is 0 Å². The van der Waals surface area contributed by atoms with Crippen LogP contribution in [0.5, 0.6) is 5.75 Å². The van der Waals surface area contributed by atoms with Crippen LogP contribution >= 0.6 is 0 Å². The van der Waals surface area contributed by atoms with Crippen molar-refractivity contribution in [2.24, 2.45) is 5.73 Å². The highest BCUT2D eigenvalue weighted by Gasteiger charge is 2.18. The number of amidine groups is 1. The van der Waals surface area contributed by atoms with Crippen molar-refractivity contribution >= 4 is 5.84 Å². The first-order valence-electron chi connectivity index (χ1n) is 5.83. The van der Waals surface area contributed by atoms with Gasteiger partial charge in [-0.15, -0.1) is 0 Å². The monoisotopic (exact) mass is 234 g/mol. The molecule has 1 aliphatic carbocycles. The molecule has 2 rings (SSSR count). The smallest absolute Gasteiger partial charge is 0.124 e. The van der Waals surface area contributed by atoms with Crippen LogP contribution in [-0.2, 0) is 11.3 Å². The summed E-state index contributed by atoms with van der Waals surface area (Å²) in [4.78, 5) is 0. The Bertz CT molecular complexity index is 414. The fourth-order valence-electron chi connectivity index (χ4n) is 1.80. The lowest BCUT2D eigenvalue weighted by molar-refractivity contribution is -0.00934. The Labute approximate surface area is 101 Å². The number of nitrogens with one attached hydrogen (secondary N) is 1. The molecule has 1 fully saturated rings. The van der Waals surface area contributed by atoms with Gasteiger partial charge in [0.2, 0.25) is 0 Å². The van der Waals surface area contributed by atoms with Crippen LogP contribution in [0.4, 0.5) is 0 Å². The third-order valence-electron chi connectivity index (χ3n) is 3.12. The zero-order valence-electron chi connectivity index (χ0n) is 10.0. The Kier molecular flexibility index (Phi) is 3.64. The number of benzene rings is 1. The molecule has 0 spiro atoms. The maximum atomic E-state index is 7.42. The molecule has 0 unspecified atom stereocenters. The van der Waals surface area contributed by atoms with Crippen molar-refractivity contribution in [3.8, 4) is 5.75 Å². The van der Waals surface area contributed by atoms with Crippen molar-refractivity contribution in [3.63, 3.8) is 0 Å². The Morgan fingerprint density at radius 2 is 2.24 bits per heavy atom. The molecule has 4 heteroatoms. The van der Waals surface area contributed by atoms with Gasteiger partial charge in [-0.25, -0.2) is 0 Å². The third-order valence-corrected chi connectivity index (χ3v) is 3.12. The van der Waals surface area contributed by atoms with Crippen LogP contribution in [0, 0.1) is 5.41 Å². The van der Waals surface area contributed by atoms with Gasteiger partial charge in [-0.1, -0.05) is 0 Å². The van der Waals surface area contributed by atoms with Crippen LogP contribution < -0.4 is 10.5 Å². The third kappa shape index (κ3) is 2.77. The minimum atomic E-state index is 0.0672. The van der Waals surface area contributed by atoms with Gasteiger partial charge in [-0.05, 0) is 37.5 Å². The predicted octanol–water partition coefficient (Wildman–Crippen LogP) is 2.05. The average Bonchev–Trinajstić information content (AvgIpc) is 2.26. The number of methoxy groups -OCH3 is 1. The highest BCUT2D eigenvalue weighted by atomic mass is 16.5. The molecule has 3 N–H and O–H groups in total. The van der Waals surface area contributed by atoms with Crippen LogP contribution in [0.15, 0.2) is 18.2 Å². The lowest BCUT2D eigenvalue weighted by Gasteiger charge is -2.25. The van der Waals surface area contributed by atoms with Crippen molar-refractivity contribution in [2.75, 3.05) is 7.11 Å². The average molecular weight is 234 g/mol. The molecule has 0 aliphatic heterocycles. The summed E-state index contributed by atoms with van der Waals surface area (Å²) in [5.41, 5.74) is 7.13. The predicted molar refractivity (Wildman–Crippen MR) is 66.4 cm³/mol. The molecule has 1 aromatic carbocycles. The summed E-state index contributed by atoms with van der Waals surface area (Å²) in [5.74, 6) is 0.854. The quantitative estimate of drug-likeness (QED) is 0.605. The molecule has 1 saturated carbocycles. The zero-order valence-corrected chi connectivity index (χ0v) is 10.0. The summed E-state index contributed by atoms with van der Waals surface area (Å²) >= 11 is 0. The zero-order chi connectivity index (χ0) is 12.3. The second kappa shape index (κ2) is 5.19. The summed E-state index contributed by atoms with van der Waals surface area (Å²) < 4.78 is 11.0. The van der Waals surface area contributed by atoms with E-state index in [1.54, 1.807) is 13.2 Å². The van der Waals surface area contributed by atoms with E-state index in [1.165, 1.54) is 6.42 Å². The lowest BCUT2D eigenvalue weighted by Crippen LogP contribution is -2.21. The van der Waals surface area contributed by atoms with E-state index in [-0.39, 0.29) is 5.84 Å². The molecule has 0 heterocycles. The molecule has 1 aliphatic rings. The molecule has 0 radical (unpaired) electrons. The van der Waals surface area contributed by atoms with Crippen molar-refractivity contribution in [3.05, 3.63) is 29.3 Å². The number of hydrogen-bond acceptors (Lipinski definition) is 3. The normalized spacial score (nSPS) is 15.4. The van der Waals surface area contributed by atoms with Crippen molar-refractivity contribution in [1.82, 2.24) is 0 Å². The topological polar surface area (TPSA) is 68.3 Å². The Balaban J connectivity index is 2.10. The molecule has 0 aromatic heterocycles. The molecule has 92 valence electrons. The van der Waals surface area contributed by atoms with Crippen LogP contribution in [0.25, 0.3) is 0 Å². The van der Waals surface area contributed by atoms with Gasteiger partial charge < -0.3 is 15.2 Å². The van der Waals surface area contributed by atoms with E-state index >= 15 is 0 Å². The molecule has 0 atom stereocenters. The fraction of sp³-hybridized carbons (Fsp3) is 0.462. The molecule has 1 aromatic rings. The van der Waals surface area contributed by atoms with E-state index in [1.807, 2.05) is 12.1 Å². The van der Waals surface area contributed by atoms with Crippen LogP contribution in [0.1, 0.15) is 30.4 Å². The molecule has 0 amide bonds. The van der Waals surface area contributed by atoms with Crippen LogP contribution in [-0.4, -0.2) is 19.0 Å². The Morgan fingerprint density at radius 3 is 2.76 bits per heavy atom. The molecular weight excluding hydrogens is 216 g/mol. The van der Waals surface area contributed by atoms with E-state index in [0.29, 0.717) is 18.3 Å². The maximum Gasteiger partial charge on any atom is 0.124 e. The van der Waals surface area contributed by atoms with Gasteiger partial charge in [0.15, 0.2) is 0 Å². The summed E-state index contributed by atoms with van der Waals surface area (Å²) in [5, 5.41) is 7.42. The van der Waals surface area contributed by atoms with Gasteiger partial charge in [-0.3, -0.25) is 5.41 Å². The van der Waals surface area contributed by atoms with E-state index in [2.05, 4.69) is 0 Å². The molecular formula is C13H18N2O2. The minimum Gasteiger partial charge on any atom is -0.496 e. The first kappa shape index (κ1) is 11.9. The van der Waals surface area contributed by atoms with E-state index < -0.39 is 0 Å². The second-order valence-electron chi connectivity index (χ2n) is 4.30. The number of rotatable bonds is 5. The summed E-state index contributed by atoms with van der Waals surface area (Å²) in [6, 6.07) is 5.48. The van der Waals surface area contributed by atoms with Crippen molar-refractivity contribution in [1.29, 1.82) is 5.41 Å². The van der Waals surface area contributed by atoms with Crippen molar-refractivity contribution < 1.29 is 9.47 Å². The van der Waals surface area contributed by atoms with E-state index in [9.17, 15) is 0 Å². The largest absolute Gasteiger partial charge is 0.496 e. The Morgan fingerprint density at radius 1 is 1.47 bits per heavy atom. The molecule has 0 saturated heterocycles. The number of nitrogens with two attached hydrogens (primary N) is 1. The van der Waals surface area contributed by atoms with Gasteiger partial charge >= 0.3 is 0 Å². The number of hydrogen-bond donors (Lipinski definition) is 2. The van der Waals surface area contributed by atoms with Gasteiger partial charge in [0, 0.05) is 11.1 Å². The summed E-state index contributed by atoms with van der Waals surface area (Å²) in [6.07, 6.45) is 3.94. The van der Waals surface area contributed by atoms with Crippen LogP contribution in [0.2, 0.25) is 0 Å². The standard InChI is InChI=1S/C13H18N2O2/c1-16-12-6-5-9(13(14)15)7-10(12)8-17-11-3-2-4-11/h5-7,11H,2-4,8H2,1H3,(H3,14,15).